The van der Waals surface area contributed by atoms with Gasteiger partial charge >= 0.3 is 0 Å². The van der Waals surface area contributed by atoms with Crippen molar-refractivity contribution >= 4 is 33.4 Å². The Labute approximate surface area is 144 Å². The van der Waals surface area contributed by atoms with Crippen LogP contribution in [0.3, 0.4) is 0 Å². The second kappa shape index (κ2) is 7.01. The summed E-state index contributed by atoms with van der Waals surface area (Å²) in [7, 11) is 0. The molecule has 124 valence electrons. The van der Waals surface area contributed by atoms with E-state index in [0.717, 1.165) is 36.0 Å². The van der Waals surface area contributed by atoms with E-state index >= 15 is 0 Å². The molecule has 0 saturated carbocycles. The van der Waals surface area contributed by atoms with Crippen LogP contribution in [0.25, 0.3) is 0 Å². The van der Waals surface area contributed by atoms with Crippen LogP contribution in [0, 0.1) is 5.92 Å². The Morgan fingerprint density at radius 2 is 2.00 bits per heavy atom. The minimum absolute atomic E-state index is 0.0419. The van der Waals surface area contributed by atoms with Gasteiger partial charge in [0, 0.05) is 30.1 Å². The Hall–Kier alpha value is -1.40. The molecule has 0 bridgehead atoms. The zero-order valence-corrected chi connectivity index (χ0v) is 14.7. The molecule has 2 heterocycles. The second-order valence-corrected chi connectivity index (χ2v) is 7.05. The first-order valence-corrected chi connectivity index (χ1v) is 8.99. The summed E-state index contributed by atoms with van der Waals surface area (Å²) in [4.78, 5) is 29.2. The number of benzene rings is 1. The molecule has 0 unspecified atom stereocenters. The van der Waals surface area contributed by atoms with Gasteiger partial charge in [0.05, 0.1) is 5.69 Å². The topological polar surface area (TPSA) is 66.6 Å². The smallest absolute Gasteiger partial charge is 0.239 e. The Balaban J connectivity index is 1.76. The second-order valence-electron chi connectivity index (χ2n) is 6.20. The van der Waals surface area contributed by atoms with Crippen molar-refractivity contribution in [1.29, 1.82) is 0 Å². The number of amides is 2. The van der Waals surface area contributed by atoms with Crippen LogP contribution in [0.4, 0.5) is 5.69 Å². The third kappa shape index (κ3) is 3.15. The van der Waals surface area contributed by atoms with Gasteiger partial charge in [-0.2, -0.15) is 0 Å². The number of hydrogen-bond donors (Lipinski definition) is 1. The number of nitrogens with zero attached hydrogens (tertiary/aromatic N) is 2. The van der Waals surface area contributed by atoms with Crippen LogP contribution in [0.5, 0.6) is 0 Å². The summed E-state index contributed by atoms with van der Waals surface area (Å²) in [6.45, 7) is 1.78. The number of piperidine rings is 1. The van der Waals surface area contributed by atoms with Gasteiger partial charge in [0.2, 0.25) is 11.8 Å². The molecule has 2 fully saturated rings. The lowest BCUT2D eigenvalue weighted by Gasteiger charge is -2.36. The summed E-state index contributed by atoms with van der Waals surface area (Å²) in [6, 6.07) is 7.71. The molecule has 0 spiro atoms. The van der Waals surface area contributed by atoms with Crippen molar-refractivity contribution in [3.8, 4) is 0 Å². The lowest BCUT2D eigenvalue weighted by Crippen LogP contribution is -2.50. The summed E-state index contributed by atoms with van der Waals surface area (Å²) in [5.41, 5.74) is 6.64. The fourth-order valence-electron chi connectivity index (χ4n) is 3.55. The molecule has 23 heavy (non-hydrogen) atoms. The van der Waals surface area contributed by atoms with Gasteiger partial charge in [0.1, 0.15) is 5.92 Å². The van der Waals surface area contributed by atoms with Gasteiger partial charge in [-0.05, 0) is 53.7 Å². The summed E-state index contributed by atoms with van der Waals surface area (Å²) in [5.74, 6) is -0.697. The van der Waals surface area contributed by atoms with Crippen molar-refractivity contribution in [2.45, 2.75) is 31.7 Å². The average molecular weight is 380 g/mol. The molecule has 2 amide bonds. The number of carbonyl (C=O) groups excluding carboxylic acids is 2. The van der Waals surface area contributed by atoms with Gasteiger partial charge in [-0.15, -0.1) is 0 Å². The van der Waals surface area contributed by atoms with Gasteiger partial charge < -0.3 is 15.5 Å². The van der Waals surface area contributed by atoms with E-state index in [1.165, 1.54) is 0 Å². The maximum atomic E-state index is 12.9. The molecule has 2 aliphatic rings. The summed E-state index contributed by atoms with van der Waals surface area (Å²) < 4.78 is 0.874. The molecule has 2 N–H and O–H groups in total. The maximum Gasteiger partial charge on any atom is 0.239 e. The molecular formula is C17H22BrN3O2. The SMILES string of the molecule is NC[C@H]1CCCCN1C(=O)[C@H]1CCN(c2ccccc2Br)C1=O. The molecular weight excluding hydrogens is 358 g/mol. The van der Waals surface area contributed by atoms with Crippen molar-refractivity contribution in [1.82, 2.24) is 4.90 Å². The van der Waals surface area contributed by atoms with Gasteiger partial charge in [-0.1, -0.05) is 12.1 Å². The first-order chi connectivity index (χ1) is 11.1. The highest BCUT2D eigenvalue weighted by atomic mass is 79.9. The molecule has 2 saturated heterocycles. The first-order valence-electron chi connectivity index (χ1n) is 8.20. The van der Waals surface area contributed by atoms with Crippen LogP contribution in [-0.2, 0) is 9.59 Å². The van der Waals surface area contributed by atoms with Crippen LogP contribution in [0.15, 0.2) is 28.7 Å². The van der Waals surface area contributed by atoms with Crippen molar-refractivity contribution in [2.24, 2.45) is 11.7 Å². The third-order valence-electron chi connectivity index (χ3n) is 4.83. The lowest BCUT2D eigenvalue weighted by molar-refractivity contribution is -0.142. The van der Waals surface area contributed by atoms with E-state index in [2.05, 4.69) is 15.9 Å². The van der Waals surface area contributed by atoms with E-state index in [4.69, 9.17) is 5.73 Å². The van der Waals surface area contributed by atoms with Gasteiger partial charge in [-0.3, -0.25) is 9.59 Å². The fraction of sp³-hybridized carbons (Fsp3) is 0.529. The Morgan fingerprint density at radius 1 is 1.22 bits per heavy atom. The number of hydrogen-bond acceptors (Lipinski definition) is 3. The van der Waals surface area contributed by atoms with Gasteiger partial charge in [0.25, 0.3) is 0 Å². The number of nitrogens with two attached hydrogens (primary N) is 1. The normalized spacial score (nSPS) is 25.0. The van der Waals surface area contributed by atoms with Crippen LogP contribution < -0.4 is 10.6 Å². The molecule has 0 radical (unpaired) electrons. The number of anilines is 1. The summed E-state index contributed by atoms with van der Waals surface area (Å²) in [6.07, 6.45) is 3.62. The molecule has 0 aliphatic carbocycles. The highest BCUT2D eigenvalue weighted by Crippen LogP contribution is 2.32. The van der Waals surface area contributed by atoms with Crippen LogP contribution >= 0.6 is 15.9 Å². The molecule has 3 rings (SSSR count). The van der Waals surface area contributed by atoms with Crippen molar-refractivity contribution in [3.05, 3.63) is 28.7 Å². The van der Waals surface area contributed by atoms with E-state index in [9.17, 15) is 9.59 Å². The Kier molecular flexibility index (Phi) is 5.02. The molecule has 2 aliphatic heterocycles. The molecule has 1 aromatic carbocycles. The van der Waals surface area contributed by atoms with Gasteiger partial charge in [-0.25, -0.2) is 0 Å². The highest BCUT2D eigenvalue weighted by molar-refractivity contribution is 9.10. The highest BCUT2D eigenvalue weighted by Gasteiger charge is 2.41. The van der Waals surface area contributed by atoms with Crippen molar-refractivity contribution < 1.29 is 9.59 Å². The predicted octanol–water partition coefficient (Wildman–Crippen LogP) is 2.14. The Morgan fingerprint density at radius 3 is 2.74 bits per heavy atom. The molecule has 1 aromatic rings. The Bertz CT molecular complexity index is 607. The largest absolute Gasteiger partial charge is 0.338 e. The minimum Gasteiger partial charge on any atom is -0.338 e. The number of likely N-dealkylation sites (tertiary alicyclic amines) is 1. The van der Waals surface area contributed by atoms with Crippen molar-refractivity contribution in [3.63, 3.8) is 0 Å². The minimum atomic E-state index is -0.561. The van der Waals surface area contributed by atoms with E-state index < -0.39 is 5.92 Å². The van der Waals surface area contributed by atoms with E-state index in [0.29, 0.717) is 19.5 Å². The van der Waals surface area contributed by atoms with Gasteiger partial charge in [0.15, 0.2) is 0 Å². The molecule has 0 aromatic heterocycles. The zero-order valence-electron chi connectivity index (χ0n) is 13.1. The van der Waals surface area contributed by atoms with E-state index in [-0.39, 0.29) is 17.9 Å². The fourth-order valence-corrected chi connectivity index (χ4v) is 4.05. The van der Waals surface area contributed by atoms with E-state index in [1.807, 2.05) is 29.2 Å². The van der Waals surface area contributed by atoms with E-state index in [1.54, 1.807) is 4.90 Å². The lowest BCUT2D eigenvalue weighted by atomic mass is 9.98. The monoisotopic (exact) mass is 379 g/mol. The first kappa shape index (κ1) is 16.5. The maximum absolute atomic E-state index is 12.9. The molecule has 2 atom stereocenters. The van der Waals surface area contributed by atoms with Crippen molar-refractivity contribution in [2.75, 3.05) is 24.5 Å². The summed E-state index contributed by atoms with van der Waals surface area (Å²) in [5, 5.41) is 0. The summed E-state index contributed by atoms with van der Waals surface area (Å²) >= 11 is 3.48. The standard InChI is InChI=1S/C17H22BrN3O2/c18-14-6-1-2-7-15(14)21-10-8-13(17(21)23)16(22)20-9-4-3-5-12(20)11-19/h1-2,6-7,12-13H,3-5,8-11,19H2/t12-,13-/m1/s1. The molecule has 6 heteroatoms. The van der Waals surface area contributed by atoms with Crippen LogP contribution in [-0.4, -0.2) is 42.4 Å². The van der Waals surface area contributed by atoms with Crippen LogP contribution in [0.1, 0.15) is 25.7 Å². The van der Waals surface area contributed by atoms with Crippen LogP contribution in [0.2, 0.25) is 0 Å². The zero-order chi connectivity index (χ0) is 16.4. The number of halogens is 1. The molecule has 5 nitrogen and oxygen atoms in total. The number of rotatable bonds is 3. The number of para-hydroxylation sites is 1. The number of carbonyl (C=O) groups is 2. The third-order valence-corrected chi connectivity index (χ3v) is 5.50. The predicted molar refractivity (Wildman–Crippen MR) is 93.0 cm³/mol. The average Bonchev–Trinajstić information content (AvgIpc) is 2.96. The quantitative estimate of drug-likeness (QED) is 0.818.